The summed E-state index contributed by atoms with van der Waals surface area (Å²) in [4.78, 5) is 0. The quantitative estimate of drug-likeness (QED) is 0.697. The van der Waals surface area contributed by atoms with E-state index in [1.54, 1.807) is 0 Å². The first-order valence-corrected chi connectivity index (χ1v) is 7.48. The minimum atomic E-state index is 0.611. The van der Waals surface area contributed by atoms with Gasteiger partial charge in [-0.3, -0.25) is 0 Å². The summed E-state index contributed by atoms with van der Waals surface area (Å²) in [6, 6.07) is 19.4. The summed E-state index contributed by atoms with van der Waals surface area (Å²) < 4.78 is 1.54. The molecule has 3 rings (SSSR count). The summed E-state index contributed by atoms with van der Waals surface area (Å²) in [5.74, 6) is 0. The summed E-state index contributed by atoms with van der Waals surface area (Å²) in [6.07, 6.45) is 2.34. The fourth-order valence-corrected chi connectivity index (χ4v) is 4.32. The van der Waals surface area contributed by atoms with E-state index in [4.69, 9.17) is 0 Å². The van der Waals surface area contributed by atoms with Crippen molar-refractivity contribution in [2.75, 3.05) is 0 Å². The molecule has 0 saturated carbocycles. The Hall–Kier alpha value is -1.30. The van der Waals surface area contributed by atoms with E-state index in [9.17, 15) is 0 Å². The van der Waals surface area contributed by atoms with Gasteiger partial charge in [0.25, 0.3) is 0 Å². The van der Waals surface area contributed by atoms with Crippen molar-refractivity contribution in [1.29, 1.82) is 0 Å². The van der Waals surface area contributed by atoms with Gasteiger partial charge < -0.3 is 0 Å². The first-order valence-electron chi connectivity index (χ1n) is 5.41. The topological polar surface area (TPSA) is 0 Å². The Kier molecular flexibility index (Phi) is 2.65. The Morgan fingerprint density at radius 3 is 2.50 bits per heavy atom. The van der Waals surface area contributed by atoms with Gasteiger partial charge in [0.05, 0.1) is 0 Å². The number of hydrogen-bond acceptors (Lipinski definition) is 0. The van der Waals surface area contributed by atoms with Crippen LogP contribution in [0.3, 0.4) is 0 Å². The van der Waals surface area contributed by atoms with Crippen molar-refractivity contribution in [2.24, 2.45) is 0 Å². The Bertz CT molecular complexity index is 526. The molecule has 0 fully saturated rings. The molecule has 16 heavy (non-hydrogen) atoms. The zero-order valence-electron chi connectivity index (χ0n) is 8.89. The summed E-state index contributed by atoms with van der Waals surface area (Å²) in [5, 5.41) is 1.25. The monoisotopic (exact) mass is 272 g/mol. The molecule has 0 spiro atoms. The average Bonchev–Trinajstić information content (AvgIpc) is 2.74. The van der Waals surface area contributed by atoms with Crippen molar-refractivity contribution in [3.05, 3.63) is 71.3 Å². The van der Waals surface area contributed by atoms with Gasteiger partial charge in [0.2, 0.25) is 0 Å². The SMILES string of the molecule is C(=C1\[Se]Cc2ccccc21)/c1ccccc1. The van der Waals surface area contributed by atoms with Crippen molar-refractivity contribution >= 4 is 25.5 Å². The molecule has 0 N–H and O–H groups in total. The molecule has 78 valence electrons. The van der Waals surface area contributed by atoms with E-state index in [0.29, 0.717) is 15.0 Å². The zero-order chi connectivity index (χ0) is 10.8. The molecule has 2 aromatic rings. The van der Waals surface area contributed by atoms with Crippen LogP contribution in [0, 0.1) is 0 Å². The molecular weight excluding hydrogens is 259 g/mol. The predicted octanol–water partition coefficient (Wildman–Crippen LogP) is 3.40. The predicted molar refractivity (Wildman–Crippen MR) is 70.2 cm³/mol. The molecule has 1 heteroatoms. The molecule has 0 unspecified atom stereocenters. The molecule has 0 saturated heterocycles. The van der Waals surface area contributed by atoms with E-state index < -0.39 is 0 Å². The van der Waals surface area contributed by atoms with Crippen molar-refractivity contribution in [3.8, 4) is 0 Å². The molecular formula is C15H12Se. The van der Waals surface area contributed by atoms with Gasteiger partial charge >= 0.3 is 102 Å². The van der Waals surface area contributed by atoms with Gasteiger partial charge in [-0.2, -0.15) is 0 Å². The molecule has 0 aliphatic carbocycles. The Morgan fingerprint density at radius 2 is 1.62 bits per heavy atom. The second kappa shape index (κ2) is 4.29. The fraction of sp³-hybridized carbons (Fsp3) is 0.0667. The number of hydrogen-bond donors (Lipinski definition) is 0. The summed E-state index contributed by atoms with van der Waals surface area (Å²) in [7, 11) is 0. The number of rotatable bonds is 1. The van der Waals surface area contributed by atoms with E-state index in [1.165, 1.54) is 26.5 Å². The van der Waals surface area contributed by atoms with Gasteiger partial charge in [0, 0.05) is 0 Å². The molecule has 0 nitrogen and oxygen atoms in total. The van der Waals surface area contributed by atoms with Crippen LogP contribution in [0.1, 0.15) is 16.7 Å². The third-order valence-electron chi connectivity index (χ3n) is 2.76. The van der Waals surface area contributed by atoms with E-state index >= 15 is 0 Å². The van der Waals surface area contributed by atoms with Gasteiger partial charge in [0.15, 0.2) is 0 Å². The molecule has 0 bridgehead atoms. The minimum absolute atomic E-state index is 0.611. The third kappa shape index (κ3) is 1.84. The molecule has 2 aromatic carbocycles. The first kappa shape index (κ1) is 9.89. The summed E-state index contributed by atoms with van der Waals surface area (Å²) in [6.45, 7) is 0. The molecule has 0 aromatic heterocycles. The maximum absolute atomic E-state index is 2.34. The Morgan fingerprint density at radius 1 is 0.875 bits per heavy atom. The normalized spacial score (nSPS) is 16.4. The van der Waals surface area contributed by atoms with Crippen LogP contribution in [0.4, 0.5) is 0 Å². The average molecular weight is 271 g/mol. The van der Waals surface area contributed by atoms with Gasteiger partial charge in [-0.05, 0) is 0 Å². The fourth-order valence-electron chi connectivity index (χ4n) is 1.94. The van der Waals surface area contributed by atoms with Crippen LogP contribution in [0.2, 0.25) is 0 Å². The second-order valence-electron chi connectivity index (χ2n) is 3.87. The van der Waals surface area contributed by atoms with E-state index in [-0.39, 0.29) is 0 Å². The van der Waals surface area contributed by atoms with Crippen LogP contribution in [-0.4, -0.2) is 15.0 Å². The van der Waals surface area contributed by atoms with Gasteiger partial charge in [-0.1, -0.05) is 0 Å². The molecule has 1 aliphatic rings. The van der Waals surface area contributed by atoms with Gasteiger partial charge in [0.1, 0.15) is 0 Å². The number of benzene rings is 2. The second-order valence-corrected chi connectivity index (χ2v) is 6.00. The van der Waals surface area contributed by atoms with Crippen LogP contribution in [0.25, 0.3) is 10.5 Å². The summed E-state index contributed by atoms with van der Waals surface area (Å²) >= 11 is 0.611. The summed E-state index contributed by atoms with van der Waals surface area (Å²) in [5.41, 5.74) is 4.30. The maximum atomic E-state index is 2.34. The molecule has 0 amide bonds. The molecule has 0 radical (unpaired) electrons. The van der Waals surface area contributed by atoms with Crippen LogP contribution in [0.5, 0.6) is 0 Å². The standard InChI is InChI=1S/C15H12Se/c1-2-6-12(7-3-1)10-15-14-9-5-4-8-13(14)11-16-15/h1-10H,11H2/b15-10+. The van der Waals surface area contributed by atoms with Crippen LogP contribution < -0.4 is 0 Å². The van der Waals surface area contributed by atoms with Crippen LogP contribution in [-0.2, 0) is 5.32 Å². The molecule has 1 heterocycles. The third-order valence-corrected chi connectivity index (χ3v) is 5.08. The van der Waals surface area contributed by atoms with E-state index in [0.717, 1.165) is 0 Å². The molecule has 1 aliphatic heterocycles. The van der Waals surface area contributed by atoms with Crippen molar-refractivity contribution < 1.29 is 0 Å². The Labute approximate surface area is 102 Å². The van der Waals surface area contributed by atoms with E-state index in [2.05, 4.69) is 60.7 Å². The zero-order valence-corrected chi connectivity index (χ0v) is 10.6. The first-order chi connectivity index (χ1) is 7.93. The van der Waals surface area contributed by atoms with E-state index in [1.807, 2.05) is 0 Å². The van der Waals surface area contributed by atoms with Gasteiger partial charge in [-0.25, -0.2) is 0 Å². The van der Waals surface area contributed by atoms with Crippen molar-refractivity contribution in [3.63, 3.8) is 0 Å². The number of fused-ring (bicyclic) bond motifs is 1. The van der Waals surface area contributed by atoms with Crippen molar-refractivity contribution in [2.45, 2.75) is 5.32 Å². The van der Waals surface area contributed by atoms with Gasteiger partial charge in [-0.15, -0.1) is 0 Å². The van der Waals surface area contributed by atoms with Crippen LogP contribution >= 0.6 is 0 Å². The Balaban J connectivity index is 2.02. The van der Waals surface area contributed by atoms with Crippen molar-refractivity contribution in [1.82, 2.24) is 0 Å². The van der Waals surface area contributed by atoms with Crippen LogP contribution in [0.15, 0.2) is 54.6 Å². The molecule has 0 atom stereocenters.